The first-order valence-electron chi connectivity index (χ1n) is 13.9. The summed E-state index contributed by atoms with van der Waals surface area (Å²) in [5.74, 6) is -0.312. The smallest absolute Gasteiger partial charge is 0.410 e. The zero-order valence-electron chi connectivity index (χ0n) is 23.9. The molecule has 7 nitrogen and oxygen atoms in total. The van der Waals surface area contributed by atoms with Crippen LogP contribution in [0.2, 0.25) is 18.1 Å². The molecule has 0 radical (unpaired) electrons. The van der Waals surface area contributed by atoms with Gasteiger partial charge in [-0.3, -0.25) is 4.79 Å². The van der Waals surface area contributed by atoms with Crippen LogP contribution in [0.4, 0.5) is 14.9 Å². The highest BCUT2D eigenvalue weighted by Crippen LogP contribution is 2.37. The molecule has 2 aliphatic rings. The molecule has 2 saturated heterocycles. The zero-order valence-corrected chi connectivity index (χ0v) is 24.9. The highest BCUT2D eigenvalue weighted by atomic mass is 28.4. The van der Waals surface area contributed by atoms with Crippen molar-refractivity contribution in [2.75, 3.05) is 37.6 Å². The molecule has 0 spiro atoms. The average Bonchev–Trinajstić information content (AvgIpc) is 2.91. The fourth-order valence-corrected chi connectivity index (χ4v) is 5.79. The quantitative estimate of drug-likeness (QED) is 0.404. The van der Waals surface area contributed by atoms with E-state index in [4.69, 9.17) is 9.16 Å². The van der Waals surface area contributed by atoms with Crippen molar-refractivity contribution in [2.24, 2.45) is 0 Å². The number of carbonyl (C=O) groups is 2. The number of halogens is 1. The van der Waals surface area contributed by atoms with Gasteiger partial charge in [-0.1, -0.05) is 63.2 Å². The van der Waals surface area contributed by atoms with Crippen LogP contribution in [0.3, 0.4) is 0 Å². The minimum absolute atomic E-state index is 0.00585. The molecule has 0 saturated carbocycles. The van der Waals surface area contributed by atoms with Crippen LogP contribution in [0.5, 0.6) is 0 Å². The number of piperidine rings is 1. The first-order chi connectivity index (χ1) is 18.5. The number of ether oxygens (including phenoxy) is 1. The van der Waals surface area contributed by atoms with E-state index in [2.05, 4.69) is 33.9 Å². The second kappa shape index (κ2) is 12.1. The molecule has 2 aliphatic heterocycles. The van der Waals surface area contributed by atoms with E-state index in [0.717, 1.165) is 5.56 Å². The summed E-state index contributed by atoms with van der Waals surface area (Å²) in [5, 5.41) is 0.0441. The average molecular weight is 556 g/mol. The fourth-order valence-electron chi connectivity index (χ4n) is 4.85. The Morgan fingerprint density at radius 1 is 0.974 bits per heavy atom. The number of nitrogens with zero attached hydrogens (tertiary/aromatic N) is 3. The van der Waals surface area contributed by atoms with Gasteiger partial charge in [0.1, 0.15) is 6.61 Å². The van der Waals surface area contributed by atoms with Crippen LogP contribution in [-0.2, 0) is 27.2 Å². The van der Waals surface area contributed by atoms with Crippen LogP contribution in [0.1, 0.15) is 44.7 Å². The number of amides is 2. The minimum Gasteiger partial charge on any atom is -0.445 e. The summed E-state index contributed by atoms with van der Waals surface area (Å²) in [5.41, 5.74) is 1.93. The molecule has 2 amide bonds. The normalized spacial score (nSPS) is 17.5. The molecule has 0 aliphatic carbocycles. The van der Waals surface area contributed by atoms with Crippen molar-refractivity contribution >= 4 is 26.0 Å². The van der Waals surface area contributed by atoms with Crippen LogP contribution in [0, 0.1) is 5.82 Å². The molecule has 0 bridgehead atoms. The maximum atomic E-state index is 15.5. The number of carbonyl (C=O) groups excluding carboxylic acids is 2. The number of rotatable bonds is 7. The van der Waals surface area contributed by atoms with Gasteiger partial charge in [0.25, 0.3) is 0 Å². The van der Waals surface area contributed by atoms with E-state index < -0.39 is 8.32 Å². The Morgan fingerprint density at radius 2 is 1.67 bits per heavy atom. The van der Waals surface area contributed by atoms with Crippen molar-refractivity contribution in [3.05, 3.63) is 65.5 Å². The monoisotopic (exact) mass is 555 g/mol. The van der Waals surface area contributed by atoms with Gasteiger partial charge in [-0.05, 0) is 42.6 Å². The van der Waals surface area contributed by atoms with Crippen molar-refractivity contribution in [1.82, 2.24) is 9.80 Å². The van der Waals surface area contributed by atoms with Gasteiger partial charge in [-0.2, -0.15) is 0 Å². The van der Waals surface area contributed by atoms with Crippen LogP contribution < -0.4 is 4.90 Å². The van der Waals surface area contributed by atoms with Gasteiger partial charge in [0, 0.05) is 37.8 Å². The molecule has 0 N–H and O–H groups in total. The Hall–Kier alpha value is -2.91. The van der Waals surface area contributed by atoms with E-state index in [1.54, 1.807) is 17.0 Å². The van der Waals surface area contributed by atoms with E-state index in [9.17, 15) is 9.59 Å². The van der Waals surface area contributed by atoms with Crippen molar-refractivity contribution < 1.29 is 23.1 Å². The van der Waals surface area contributed by atoms with Gasteiger partial charge in [0.05, 0.1) is 18.8 Å². The molecule has 2 heterocycles. The number of anilines is 1. The van der Waals surface area contributed by atoms with Gasteiger partial charge in [0.15, 0.2) is 14.1 Å². The van der Waals surface area contributed by atoms with Crippen molar-refractivity contribution in [3.63, 3.8) is 0 Å². The predicted octanol–water partition coefficient (Wildman–Crippen LogP) is 5.80. The van der Waals surface area contributed by atoms with E-state index in [0.29, 0.717) is 50.3 Å². The van der Waals surface area contributed by atoms with Crippen LogP contribution >= 0.6 is 0 Å². The maximum absolute atomic E-state index is 15.5. The highest BCUT2D eigenvalue weighted by molar-refractivity contribution is 6.74. The van der Waals surface area contributed by atoms with E-state index in [1.807, 2.05) is 46.2 Å². The van der Waals surface area contributed by atoms with Gasteiger partial charge in [-0.25, -0.2) is 9.18 Å². The van der Waals surface area contributed by atoms with Gasteiger partial charge >= 0.3 is 6.09 Å². The maximum Gasteiger partial charge on any atom is 0.410 e. The van der Waals surface area contributed by atoms with E-state index in [-0.39, 0.29) is 48.7 Å². The molecular formula is C30H42FN3O4Si. The lowest BCUT2D eigenvalue weighted by Gasteiger charge is -2.43. The Morgan fingerprint density at radius 3 is 2.31 bits per heavy atom. The Labute approximate surface area is 233 Å². The third-order valence-corrected chi connectivity index (χ3v) is 12.9. The Balaban J connectivity index is 1.29. The fraction of sp³-hybridized carbons (Fsp3) is 0.533. The summed E-state index contributed by atoms with van der Waals surface area (Å²) in [6.45, 7) is 13.6. The Kier molecular flexibility index (Phi) is 9.01. The first kappa shape index (κ1) is 29.1. The lowest BCUT2D eigenvalue weighted by molar-refractivity contribution is -0.134. The molecule has 0 aromatic heterocycles. The number of hydrogen-bond acceptors (Lipinski definition) is 5. The van der Waals surface area contributed by atoms with Crippen molar-refractivity contribution in [2.45, 2.75) is 71.0 Å². The number of benzene rings is 2. The molecule has 0 atom stereocenters. The van der Waals surface area contributed by atoms with Crippen LogP contribution in [0.25, 0.3) is 0 Å². The lowest BCUT2D eigenvalue weighted by atomic mass is 10.0. The second-order valence-electron chi connectivity index (χ2n) is 12.1. The summed E-state index contributed by atoms with van der Waals surface area (Å²) < 4.78 is 27.2. The molecule has 0 unspecified atom stereocenters. The molecule has 39 heavy (non-hydrogen) atoms. The first-order valence-corrected chi connectivity index (χ1v) is 16.8. The summed E-state index contributed by atoms with van der Waals surface area (Å²) in [6.07, 6.45) is 1.10. The number of likely N-dealkylation sites (tertiary alicyclic amines) is 1. The third-order valence-electron chi connectivity index (χ3n) is 8.42. The Bertz CT molecular complexity index is 1150. The summed E-state index contributed by atoms with van der Waals surface area (Å²) >= 11 is 0. The summed E-state index contributed by atoms with van der Waals surface area (Å²) in [4.78, 5) is 31.1. The topological polar surface area (TPSA) is 62.3 Å². The second-order valence-corrected chi connectivity index (χ2v) is 16.9. The SMILES string of the molecule is CC(C)(C)[Si](C)(C)OCc1cccc(N2CCN(C3CCN(C(=O)OCc4ccccc4)CC3)C(=O)C2)c1F. The van der Waals surface area contributed by atoms with Gasteiger partial charge < -0.3 is 23.9 Å². The molecule has 4 rings (SSSR count). The number of hydrogen-bond donors (Lipinski definition) is 0. The largest absolute Gasteiger partial charge is 0.445 e. The standard InChI is InChI=1S/C30H42FN3O4Si/c1-30(2,3)39(4,5)38-22-24-12-9-13-26(28(24)31)33-18-19-34(27(35)20-33)25-14-16-32(17-15-25)29(36)37-21-23-10-7-6-8-11-23/h6-13,25H,14-22H2,1-5H3. The molecule has 2 fully saturated rings. The van der Waals surface area contributed by atoms with Gasteiger partial charge in [0.2, 0.25) is 5.91 Å². The molecular weight excluding hydrogens is 513 g/mol. The summed E-state index contributed by atoms with van der Waals surface area (Å²) in [7, 11) is -2.01. The van der Waals surface area contributed by atoms with Crippen molar-refractivity contribution in [1.29, 1.82) is 0 Å². The van der Waals surface area contributed by atoms with E-state index >= 15 is 4.39 Å². The molecule has 2 aromatic carbocycles. The van der Waals surface area contributed by atoms with Crippen LogP contribution in [0.15, 0.2) is 48.5 Å². The molecule has 9 heteroatoms. The molecule has 2 aromatic rings. The lowest BCUT2D eigenvalue weighted by Crippen LogP contribution is -2.57. The predicted molar refractivity (Wildman–Crippen MR) is 154 cm³/mol. The number of piperazine rings is 1. The summed E-state index contributed by atoms with van der Waals surface area (Å²) in [6, 6.07) is 15.0. The highest BCUT2D eigenvalue weighted by Gasteiger charge is 2.38. The van der Waals surface area contributed by atoms with E-state index in [1.165, 1.54) is 0 Å². The third kappa shape index (κ3) is 7.00. The van der Waals surface area contributed by atoms with Crippen molar-refractivity contribution in [3.8, 4) is 0 Å². The van der Waals surface area contributed by atoms with Gasteiger partial charge in [-0.15, -0.1) is 0 Å². The minimum atomic E-state index is -2.01. The zero-order chi connectivity index (χ0) is 28.2. The molecule has 212 valence electrons. The van der Waals surface area contributed by atoms with Crippen LogP contribution in [-0.4, -0.2) is 68.9 Å².